The number of halogens is 3. The van der Waals surface area contributed by atoms with Gasteiger partial charge in [0.2, 0.25) is 0 Å². The van der Waals surface area contributed by atoms with Gasteiger partial charge in [0.1, 0.15) is 5.69 Å². The third-order valence-electron chi connectivity index (χ3n) is 2.12. The smallest absolute Gasteiger partial charge is 0.403 e. The summed E-state index contributed by atoms with van der Waals surface area (Å²) in [5, 5.41) is 7.61. The Labute approximate surface area is 107 Å². The summed E-state index contributed by atoms with van der Waals surface area (Å²) in [4.78, 5) is 0. The van der Waals surface area contributed by atoms with Gasteiger partial charge in [0.05, 0.1) is 5.69 Å². The Balaban J connectivity index is 2.23. The fourth-order valence-corrected chi connectivity index (χ4v) is 1.36. The van der Waals surface area contributed by atoms with Gasteiger partial charge in [-0.3, -0.25) is 0 Å². The van der Waals surface area contributed by atoms with E-state index < -0.39 is 6.36 Å². The van der Waals surface area contributed by atoms with Gasteiger partial charge in [0, 0.05) is 0 Å². The van der Waals surface area contributed by atoms with Gasteiger partial charge >= 0.3 is 6.36 Å². The van der Waals surface area contributed by atoms with Crippen LogP contribution in [0.2, 0.25) is 0 Å². The first-order valence-electron chi connectivity index (χ1n) is 5.36. The molecule has 2 aromatic carbocycles. The van der Waals surface area contributed by atoms with Crippen LogP contribution in [0, 0.1) is 0 Å². The third-order valence-corrected chi connectivity index (χ3v) is 2.12. The molecule has 0 atom stereocenters. The van der Waals surface area contributed by atoms with Gasteiger partial charge in [-0.1, -0.05) is 30.3 Å². The topological polar surface area (TPSA) is 34.0 Å². The third kappa shape index (κ3) is 4.09. The molecular weight excluding hydrogens is 257 g/mol. The number of rotatable bonds is 3. The van der Waals surface area contributed by atoms with E-state index >= 15 is 0 Å². The maximum atomic E-state index is 12.2. The summed E-state index contributed by atoms with van der Waals surface area (Å²) >= 11 is 0. The highest BCUT2D eigenvalue weighted by Crippen LogP contribution is 2.32. The first-order valence-corrected chi connectivity index (χ1v) is 5.36. The lowest BCUT2D eigenvalue weighted by atomic mass is 10.3. The van der Waals surface area contributed by atoms with Crippen molar-refractivity contribution < 1.29 is 17.9 Å². The number of hydrogen-bond acceptors (Lipinski definition) is 3. The van der Waals surface area contributed by atoms with Gasteiger partial charge in [-0.05, 0) is 24.3 Å². The Kier molecular flexibility index (Phi) is 3.79. The normalized spacial score (nSPS) is 11.7. The molecule has 0 aliphatic rings. The minimum absolute atomic E-state index is 0.0173. The van der Waals surface area contributed by atoms with Crippen molar-refractivity contribution in [1.82, 2.24) is 0 Å². The number of alkyl halides is 3. The SMILES string of the molecule is FC(F)(F)Oc1ccccc1N=Nc1ccccc1. The Bertz CT molecular complexity index is 568. The molecule has 0 fully saturated rings. The van der Waals surface area contributed by atoms with Crippen molar-refractivity contribution >= 4 is 11.4 Å². The van der Waals surface area contributed by atoms with Crippen LogP contribution < -0.4 is 4.74 Å². The first kappa shape index (κ1) is 13.1. The van der Waals surface area contributed by atoms with E-state index in [1.807, 2.05) is 0 Å². The maximum Gasteiger partial charge on any atom is 0.573 e. The Morgan fingerprint density at radius 2 is 1.42 bits per heavy atom. The highest BCUT2D eigenvalue weighted by atomic mass is 19.4. The second kappa shape index (κ2) is 5.51. The summed E-state index contributed by atoms with van der Waals surface area (Å²) in [6, 6.07) is 14.3. The van der Waals surface area contributed by atoms with Gasteiger partial charge in [-0.15, -0.1) is 18.3 Å². The van der Waals surface area contributed by atoms with Crippen molar-refractivity contribution in [1.29, 1.82) is 0 Å². The average molecular weight is 266 g/mol. The average Bonchev–Trinajstić information content (AvgIpc) is 2.37. The molecule has 0 bridgehead atoms. The van der Waals surface area contributed by atoms with E-state index in [0.717, 1.165) is 0 Å². The van der Waals surface area contributed by atoms with Crippen molar-refractivity contribution in [2.75, 3.05) is 0 Å². The minimum Gasteiger partial charge on any atom is -0.403 e. The number of azo groups is 1. The van der Waals surface area contributed by atoms with E-state index in [1.165, 1.54) is 18.2 Å². The summed E-state index contributed by atoms with van der Waals surface area (Å²) < 4.78 is 40.4. The molecule has 0 spiro atoms. The van der Waals surface area contributed by atoms with E-state index in [1.54, 1.807) is 36.4 Å². The van der Waals surface area contributed by atoms with Crippen LogP contribution in [0.25, 0.3) is 0 Å². The summed E-state index contributed by atoms with van der Waals surface area (Å²) in [6.45, 7) is 0. The lowest BCUT2D eigenvalue weighted by Crippen LogP contribution is -2.17. The standard InChI is InChI=1S/C13H9F3N2O/c14-13(15,16)19-12-9-5-4-8-11(12)18-17-10-6-2-1-3-7-10/h1-9H. The number of nitrogens with zero attached hydrogens (tertiary/aromatic N) is 2. The van der Waals surface area contributed by atoms with Crippen molar-refractivity contribution in [3.8, 4) is 5.75 Å². The zero-order valence-corrected chi connectivity index (χ0v) is 9.63. The van der Waals surface area contributed by atoms with Crippen molar-refractivity contribution in [3.05, 3.63) is 54.6 Å². The molecule has 0 aliphatic carbocycles. The van der Waals surface area contributed by atoms with Gasteiger partial charge in [-0.2, -0.15) is 5.11 Å². The predicted octanol–water partition coefficient (Wildman–Crippen LogP) is 5.00. The molecule has 0 aromatic heterocycles. The Morgan fingerprint density at radius 3 is 2.11 bits per heavy atom. The van der Waals surface area contributed by atoms with E-state index in [4.69, 9.17) is 0 Å². The van der Waals surface area contributed by atoms with E-state index in [9.17, 15) is 13.2 Å². The second-order valence-electron chi connectivity index (χ2n) is 3.55. The zero-order chi connectivity index (χ0) is 13.7. The molecule has 19 heavy (non-hydrogen) atoms. The molecular formula is C13H9F3N2O. The molecule has 0 amide bonds. The molecule has 0 radical (unpaired) electrons. The summed E-state index contributed by atoms with van der Waals surface area (Å²) in [7, 11) is 0. The van der Waals surface area contributed by atoms with Crippen LogP contribution in [0.5, 0.6) is 5.75 Å². The molecule has 6 heteroatoms. The van der Waals surface area contributed by atoms with Gasteiger partial charge in [0.15, 0.2) is 5.75 Å². The molecule has 0 aliphatic heterocycles. The van der Waals surface area contributed by atoms with Gasteiger partial charge < -0.3 is 4.74 Å². The quantitative estimate of drug-likeness (QED) is 0.719. The van der Waals surface area contributed by atoms with Crippen LogP contribution in [0.4, 0.5) is 24.5 Å². The van der Waals surface area contributed by atoms with E-state index in [0.29, 0.717) is 5.69 Å². The van der Waals surface area contributed by atoms with Crippen molar-refractivity contribution in [3.63, 3.8) is 0 Å². The highest BCUT2D eigenvalue weighted by Gasteiger charge is 2.32. The van der Waals surface area contributed by atoms with Crippen molar-refractivity contribution in [2.45, 2.75) is 6.36 Å². The number of benzene rings is 2. The molecule has 2 aromatic rings. The molecule has 3 nitrogen and oxygen atoms in total. The Morgan fingerprint density at radius 1 is 0.789 bits per heavy atom. The zero-order valence-electron chi connectivity index (χ0n) is 9.63. The Hall–Kier alpha value is -2.37. The summed E-state index contributed by atoms with van der Waals surface area (Å²) in [5.74, 6) is -0.380. The van der Waals surface area contributed by atoms with Crippen LogP contribution in [0.1, 0.15) is 0 Å². The van der Waals surface area contributed by atoms with Gasteiger partial charge in [-0.25, -0.2) is 0 Å². The molecule has 0 heterocycles. The molecule has 2 rings (SSSR count). The fraction of sp³-hybridized carbons (Fsp3) is 0.0769. The largest absolute Gasteiger partial charge is 0.573 e. The van der Waals surface area contributed by atoms with Crippen LogP contribution in [-0.4, -0.2) is 6.36 Å². The first-order chi connectivity index (χ1) is 9.04. The monoisotopic (exact) mass is 266 g/mol. The van der Waals surface area contributed by atoms with Crippen LogP contribution >= 0.6 is 0 Å². The van der Waals surface area contributed by atoms with E-state index in [2.05, 4.69) is 15.0 Å². The second-order valence-corrected chi connectivity index (χ2v) is 3.55. The lowest BCUT2D eigenvalue weighted by molar-refractivity contribution is -0.274. The van der Waals surface area contributed by atoms with E-state index in [-0.39, 0.29) is 11.4 Å². The van der Waals surface area contributed by atoms with Crippen molar-refractivity contribution in [2.24, 2.45) is 10.2 Å². The minimum atomic E-state index is -4.75. The maximum absolute atomic E-state index is 12.2. The van der Waals surface area contributed by atoms with Crippen LogP contribution in [-0.2, 0) is 0 Å². The molecule has 0 N–H and O–H groups in total. The fourth-order valence-electron chi connectivity index (χ4n) is 1.36. The molecule has 98 valence electrons. The highest BCUT2D eigenvalue weighted by molar-refractivity contribution is 5.51. The van der Waals surface area contributed by atoms with Crippen LogP contribution in [0.15, 0.2) is 64.8 Å². The van der Waals surface area contributed by atoms with Crippen LogP contribution in [0.3, 0.4) is 0 Å². The molecule has 0 unspecified atom stereocenters. The predicted molar refractivity (Wildman–Crippen MR) is 63.7 cm³/mol. The summed E-state index contributed by atoms with van der Waals surface area (Å²) in [5.41, 5.74) is 0.563. The lowest BCUT2D eigenvalue weighted by Gasteiger charge is -2.09. The molecule has 0 saturated heterocycles. The number of ether oxygens (including phenoxy) is 1. The number of hydrogen-bond donors (Lipinski definition) is 0. The van der Waals surface area contributed by atoms with Gasteiger partial charge in [0.25, 0.3) is 0 Å². The summed E-state index contributed by atoms with van der Waals surface area (Å²) in [6.07, 6.45) is -4.75. The number of para-hydroxylation sites is 1. The molecule has 0 saturated carbocycles.